The normalized spacial score (nSPS) is 20.8. The van der Waals surface area contributed by atoms with Crippen LogP contribution in [0.15, 0.2) is 22.7 Å². The lowest BCUT2D eigenvalue weighted by molar-refractivity contribution is 0.153. The van der Waals surface area contributed by atoms with Gasteiger partial charge in [-0.2, -0.15) is 0 Å². The van der Waals surface area contributed by atoms with Crippen LogP contribution >= 0.6 is 15.9 Å². The van der Waals surface area contributed by atoms with Crippen molar-refractivity contribution >= 4 is 15.9 Å². The van der Waals surface area contributed by atoms with Gasteiger partial charge in [0, 0.05) is 17.1 Å². The van der Waals surface area contributed by atoms with Crippen molar-refractivity contribution in [2.24, 2.45) is 0 Å². The Morgan fingerprint density at radius 2 is 2.35 bits per heavy atom. The van der Waals surface area contributed by atoms with Gasteiger partial charge in [-0.15, -0.1) is 0 Å². The van der Waals surface area contributed by atoms with Crippen LogP contribution in [0.1, 0.15) is 18.4 Å². The third-order valence-corrected chi connectivity index (χ3v) is 4.11. The van der Waals surface area contributed by atoms with E-state index in [1.54, 1.807) is 7.11 Å². The van der Waals surface area contributed by atoms with Gasteiger partial charge in [-0.05, 0) is 43.1 Å². The summed E-state index contributed by atoms with van der Waals surface area (Å²) in [6.07, 6.45) is 2.27. The number of rotatable bonds is 4. The highest BCUT2D eigenvalue weighted by atomic mass is 79.9. The zero-order valence-electron chi connectivity index (χ0n) is 10.0. The Morgan fingerprint density at radius 3 is 3.06 bits per heavy atom. The molecule has 1 saturated heterocycles. The molecular formula is C13H18BrNO2. The van der Waals surface area contributed by atoms with Gasteiger partial charge in [0.05, 0.1) is 13.7 Å². The molecule has 1 atom stereocenters. The topological polar surface area (TPSA) is 32.7 Å². The first kappa shape index (κ1) is 12.9. The number of hydrogen-bond acceptors (Lipinski definition) is 3. The van der Waals surface area contributed by atoms with Crippen molar-refractivity contribution < 1.29 is 9.84 Å². The second kappa shape index (κ2) is 5.85. The van der Waals surface area contributed by atoms with E-state index in [0.717, 1.165) is 29.7 Å². The molecule has 1 heterocycles. The molecule has 0 saturated carbocycles. The smallest absolute Gasteiger partial charge is 0.119 e. The van der Waals surface area contributed by atoms with Crippen LogP contribution in [-0.4, -0.2) is 36.3 Å². The van der Waals surface area contributed by atoms with E-state index in [2.05, 4.69) is 26.9 Å². The molecule has 0 radical (unpaired) electrons. The lowest BCUT2D eigenvalue weighted by atomic mass is 10.2. The van der Waals surface area contributed by atoms with Crippen molar-refractivity contribution in [2.45, 2.75) is 25.4 Å². The lowest BCUT2D eigenvalue weighted by Gasteiger charge is -2.23. The predicted octanol–water partition coefficient (Wildman–Crippen LogP) is 2.41. The summed E-state index contributed by atoms with van der Waals surface area (Å²) < 4.78 is 6.34. The molecule has 1 N–H and O–H groups in total. The molecule has 1 aromatic rings. The van der Waals surface area contributed by atoms with Gasteiger partial charge in [0.2, 0.25) is 0 Å². The summed E-state index contributed by atoms with van der Waals surface area (Å²) in [4.78, 5) is 2.33. The van der Waals surface area contributed by atoms with Crippen molar-refractivity contribution in [3.8, 4) is 5.75 Å². The summed E-state index contributed by atoms with van der Waals surface area (Å²) in [5.74, 6) is 0.878. The minimum absolute atomic E-state index is 0.252. The van der Waals surface area contributed by atoms with Gasteiger partial charge < -0.3 is 9.84 Å². The highest BCUT2D eigenvalue weighted by Crippen LogP contribution is 2.26. The maximum Gasteiger partial charge on any atom is 0.119 e. The van der Waals surface area contributed by atoms with Crippen molar-refractivity contribution in [1.29, 1.82) is 0 Å². The number of nitrogens with zero attached hydrogens (tertiary/aromatic N) is 1. The van der Waals surface area contributed by atoms with Crippen molar-refractivity contribution in [1.82, 2.24) is 4.90 Å². The first-order chi connectivity index (χ1) is 8.24. The van der Waals surface area contributed by atoms with Crippen LogP contribution in [-0.2, 0) is 6.54 Å². The average Bonchev–Trinajstić information content (AvgIpc) is 2.79. The molecule has 0 aliphatic carbocycles. The summed E-state index contributed by atoms with van der Waals surface area (Å²) in [6.45, 7) is 2.18. The molecule has 0 aromatic heterocycles. The van der Waals surface area contributed by atoms with Crippen LogP contribution in [0.25, 0.3) is 0 Å². The molecule has 17 heavy (non-hydrogen) atoms. The van der Waals surface area contributed by atoms with Crippen LogP contribution in [0.4, 0.5) is 0 Å². The molecule has 1 aliphatic heterocycles. The van der Waals surface area contributed by atoms with E-state index < -0.39 is 0 Å². The first-order valence-corrected chi connectivity index (χ1v) is 6.71. The Balaban J connectivity index is 2.12. The molecule has 0 unspecified atom stereocenters. The molecule has 4 heteroatoms. The van der Waals surface area contributed by atoms with E-state index in [-0.39, 0.29) is 6.61 Å². The molecule has 0 amide bonds. The summed E-state index contributed by atoms with van der Waals surface area (Å²) in [7, 11) is 1.68. The highest BCUT2D eigenvalue weighted by Gasteiger charge is 2.24. The second-order valence-electron chi connectivity index (χ2n) is 4.41. The van der Waals surface area contributed by atoms with Gasteiger partial charge in [0.15, 0.2) is 0 Å². The van der Waals surface area contributed by atoms with E-state index in [1.807, 2.05) is 12.1 Å². The maximum absolute atomic E-state index is 9.31. The van der Waals surface area contributed by atoms with Gasteiger partial charge in [0.1, 0.15) is 5.75 Å². The Bertz CT molecular complexity index is 384. The minimum Gasteiger partial charge on any atom is -0.497 e. The van der Waals surface area contributed by atoms with Crippen LogP contribution in [0.2, 0.25) is 0 Å². The molecule has 3 nitrogen and oxygen atoms in total. The van der Waals surface area contributed by atoms with E-state index in [1.165, 1.54) is 12.0 Å². The largest absolute Gasteiger partial charge is 0.497 e. The van der Waals surface area contributed by atoms with Crippen LogP contribution < -0.4 is 4.74 Å². The molecule has 1 aliphatic rings. The predicted molar refractivity (Wildman–Crippen MR) is 71.2 cm³/mol. The van der Waals surface area contributed by atoms with Crippen molar-refractivity contribution in [2.75, 3.05) is 20.3 Å². The number of ether oxygens (including phenoxy) is 1. The third kappa shape index (κ3) is 3.00. The Hall–Kier alpha value is -0.580. The van der Waals surface area contributed by atoms with Gasteiger partial charge in [-0.25, -0.2) is 0 Å². The number of likely N-dealkylation sites (tertiary alicyclic amines) is 1. The summed E-state index contributed by atoms with van der Waals surface area (Å²) in [6, 6.07) is 6.32. The van der Waals surface area contributed by atoms with E-state index >= 15 is 0 Å². The van der Waals surface area contributed by atoms with E-state index in [9.17, 15) is 5.11 Å². The zero-order chi connectivity index (χ0) is 12.3. The highest BCUT2D eigenvalue weighted by molar-refractivity contribution is 9.10. The molecule has 0 spiro atoms. The average molecular weight is 300 g/mol. The number of hydrogen-bond donors (Lipinski definition) is 1. The Morgan fingerprint density at radius 1 is 1.53 bits per heavy atom. The first-order valence-electron chi connectivity index (χ1n) is 5.92. The lowest BCUT2D eigenvalue weighted by Crippen LogP contribution is -2.31. The van der Waals surface area contributed by atoms with Crippen LogP contribution in [0.3, 0.4) is 0 Å². The van der Waals surface area contributed by atoms with Gasteiger partial charge in [0.25, 0.3) is 0 Å². The quantitative estimate of drug-likeness (QED) is 0.927. The van der Waals surface area contributed by atoms with Gasteiger partial charge in [-0.3, -0.25) is 4.90 Å². The standard InChI is InChI=1S/C13H18BrNO2/c1-17-12-4-5-13(14)10(7-12)8-15-6-2-3-11(15)9-16/h4-5,7,11,16H,2-3,6,8-9H2,1H3/t11-/m1/s1. The van der Waals surface area contributed by atoms with Crippen molar-refractivity contribution in [3.63, 3.8) is 0 Å². The number of halogens is 1. The summed E-state index contributed by atoms with van der Waals surface area (Å²) in [5, 5.41) is 9.31. The molecule has 2 rings (SSSR count). The van der Waals surface area contributed by atoms with E-state index in [0.29, 0.717) is 6.04 Å². The van der Waals surface area contributed by atoms with Crippen LogP contribution in [0, 0.1) is 0 Å². The summed E-state index contributed by atoms with van der Waals surface area (Å²) in [5.41, 5.74) is 1.21. The SMILES string of the molecule is COc1ccc(Br)c(CN2CCC[C@@H]2CO)c1. The van der Waals surface area contributed by atoms with Crippen LogP contribution in [0.5, 0.6) is 5.75 Å². The number of benzene rings is 1. The molecule has 94 valence electrons. The number of methoxy groups -OCH3 is 1. The van der Waals surface area contributed by atoms with Crippen molar-refractivity contribution in [3.05, 3.63) is 28.2 Å². The fourth-order valence-corrected chi connectivity index (χ4v) is 2.70. The number of aliphatic hydroxyl groups is 1. The molecular weight excluding hydrogens is 282 g/mol. The monoisotopic (exact) mass is 299 g/mol. The molecule has 1 fully saturated rings. The Labute approximate surface area is 111 Å². The van der Waals surface area contributed by atoms with Gasteiger partial charge >= 0.3 is 0 Å². The fraction of sp³-hybridized carbons (Fsp3) is 0.538. The minimum atomic E-state index is 0.252. The summed E-state index contributed by atoms with van der Waals surface area (Å²) >= 11 is 3.56. The fourth-order valence-electron chi connectivity index (χ4n) is 2.33. The van der Waals surface area contributed by atoms with E-state index in [4.69, 9.17) is 4.74 Å². The third-order valence-electron chi connectivity index (χ3n) is 3.34. The maximum atomic E-state index is 9.31. The molecule has 1 aromatic carbocycles. The molecule has 0 bridgehead atoms. The van der Waals surface area contributed by atoms with Gasteiger partial charge in [-0.1, -0.05) is 15.9 Å². The number of aliphatic hydroxyl groups excluding tert-OH is 1. The zero-order valence-corrected chi connectivity index (χ0v) is 11.6. The Kier molecular flexibility index (Phi) is 4.42. The second-order valence-corrected chi connectivity index (χ2v) is 5.26.